The van der Waals surface area contributed by atoms with E-state index in [-0.39, 0.29) is 12.1 Å². The maximum Gasteiger partial charge on any atom is 0.0745 e. The lowest BCUT2D eigenvalue weighted by Crippen LogP contribution is -2.47. The van der Waals surface area contributed by atoms with Crippen molar-refractivity contribution < 1.29 is 4.74 Å². The Balaban J connectivity index is 1.83. The Labute approximate surface area is 119 Å². The summed E-state index contributed by atoms with van der Waals surface area (Å²) in [7, 11) is 1.98. The molecule has 2 aromatic rings. The first-order chi connectivity index (χ1) is 9.79. The van der Waals surface area contributed by atoms with Gasteiger partial charge in [-0.1, -0.05) is 18.2 Å². The van der Waals surface area contributed by atoms with E-state index in [1.807, 2.05) is 17.8 Å². The summed E-state index contributed by atoms with van der Waals surface area (Å²) < 4.78 is 7.78. The maximum absolute atomic E-state index is 5.84. The van der Waals surface area contributed by atoms with E-state index in [9.17, 15) is 0 Å². The van der Waals surface area contributed by atoms with Crippen LogP contribution in [0.1, 0.15) is 25.0 Å². The van der Waals surface area contributed by atoms with Crippen molar-refractivity contribution in [2.45, 2.75) is 37.8 Å². The summed E-state index contributed by atoms with van der Waals surface area (Å²) >= 11 is 0. The number of ether oxygens (including phenoxy) is 1. The number of nitrogens with zero attached hydrogens (tertiary/aromatic N) is 2. The molecule has 0 saturated carbocycles. The molecular formula is C15H22N4O. The molecule has 5 heteroatoms. The molecule has 1 fully saturated rings. The van der Waals surface area contributed by atoms with Gasteiger partial charge in [0, 0.05) is 25.5 Å². The summed E-state index contributed by atoms with van der Waals surface area (Å²) in [6.07, 6.45) is 4.42. The Morgan fingerprint density at radius 2 is 2.30 bits per heavy atom. The topological polar surface area (TPSA) is 65.1 Å². The number of fused-ring (bicyclic) bond motifs is 1. The van der Waals surface area contributed by atoms with E-state index in [1.165, 1.54) is 11.8 Å². The fourth-order valence-electron chi connectivity index (χ4n) is 3.03. The minimum absolute atomic E-state index is 0.119. The zero-order valence-electron chi connectivity index (χ0n) is 11.9. The molecule has 2 atom stereocenters. The Bertz CT molecular complexity index is 574. The molecule has 3 rings (SSSR count). The SMILES string of the molecule is Cn1nc(CC(NN)C2CCCCO2)c2ccccc21. The van der Waals surface area contributed by atoms with Gasteiger partial charge in [0.15, 0.2) is 0 Å². The predicted octanol–water partition coefficient (Wildman–Crippen LogP) is 1.52. The summed E-state index contributed by atoms with van der Waals surface area (Å²) in [5.74, 6) is 5.74. The van der Waals surface area contributed by atoms with Gasteiger partial charge in [0.05, 0.1) is 23.4 Å². The number of aryl methyl sites for hydroxylation is 1. The molecule has 3 N–H and O–H groups in total. The van der Waals surface area contributed by atoms with Crippen molar-refractivity contribution in [2.24, 2.45) is 12.9 Å². The van der Waals surface area contributed by atoms with Crippen LogP contribution in [0.3, 0.4) is 0 Å². The lowest BCUT2D eigenvalue weighted by atomic mass is 9.98. The summed E-state index contributed by atoms with van der Waals surface area (Å²) in [6, 6.07) is 8.42. The second kappa shape index (κ2) is 5.91. The second-order valence-electron chi connectivity index (χ2n) is 5.47. The van der Waals surface area contributed by atoms with Gasteiger partial charge in [-0.25, -0.2) is 0 Å². The number of nitrogens with two attached hydrogens (primary N) is 1. The van der Waals surface area contributed by atoms with Gasteiger partial charge in [-0.15, -0.1) is 0 Å². The number of para-hydroxylation sites is 1. The molecule has 20 heavy (non-hydrogen) atoms. The maximum atomic E-state index is 5.84. The monoisotopic (exact) mass is 274 g/mol. The predicted molar refractivity (Wildman–Crippen MR) is 79.1 cm³/mol. The van der Waals surface area contributed by atoms with Crippen LogP contribution in [0.2, 0.25) is 0 Å². The first-order valence-electron chi connectivity index (χ1n) is 7.28. The first kappa shape index (κ1) is 13.5. The molecule has 0 radical (unpaired) electrons. The van der Waals surface area contributed by atoms with Crippen LogP contribution >= 0.6 is 0 Å². The largest absolute Gasteiger partial charge is 0.377 e. The second-order valence-corrected chi connectivity index (χ2v) is 5.47. The Kier molecular flexibility index (Phi) is 4.00. The van der Waals surface area contributed by atoms with Crippen molar-refractivity contribution in [3.05, 3.63) is 30.0 Å². The quantitative estimate of drug-likeness (QED) is 0.655. The average molecular weight is 274 g/mol. The van der Waals surface area contributed by atoms with Crippen LogP contribution in [0.4, 0.5) is 0 Å². The van der Waals surface area contributed by atoms with E-state index in [0.717, 1.165) is 37.1 Å². The highest BCUT2D eigenvalue weighted by Gasteiger charge is 2.25. The van der Waals surface area contributed by atoms with Gasteiger partial charge in [0.25, 0.3) is 0 Å². The molecule has 0 amide bonds. The Morgan fingerprint density at radius 3 is 3.05 bits per heavy atom. The molecule has 1 aromatic heterocycles. The molecule has 1 aromatic carbocycles. The fourth-order valence-corrected chi connectivity index (χ4v) is 3.03. The third-order valence-corrected chi connectivity index (χ3v) is 4.13. The molecular weight excluding hydrogens is 252 g/mol. The summed E-state index contributed by atoms with van der Waals surface area (Å²) in [5, 5.41) is 5.84. The van der Waals surface area contributed by atoms with Gasteiger partial charge in [0.1, 0.15) is 0 Å². The number of hydrazine groups is 1. The number of rotatable bonds is 4. The number of hydrogen-bond donors (Lipinski definition) is 2. The number of hydrogen-bond acceptors (Lipinski definition) is 4. The van der Waals surface area contributed by atoms with Gasteiger partial charge >= 0.3 is 0 Å². The van der Waals surface area contributed by atoms with Crippen molar-refractivity contribution in [1.29, 1.82) is 0 Å². The van der Waals surface area contributed by atoms with Gasteiger partial charge in [-0.2, -0.15) is 5.10 Å². The summed E-state index contributed by atoms with van der Waals surface area (Å²) in [5.41, 5.74) is 5.16. The third kappa shape index (κ3) is 2.57. The molecule has 1 aliphatic heterocycles. The smallest absolute Gasteiger partial charge is 0.0745 e. The molecule has 0 aliphatic carbocycles. The minimum atomic E-state index is 0.119. The van der Waals surface area contributed by atoms with Crippen LogP contribution in [0, 0.1) is 0 Å². The number of benzene rings is 1. The highest BCUT2D eigenvalue weighted by Crippen LogP contribution is 2.22. The molecule has 2 unspecified atom stereocenters. The van der Waals surface area contributed by atoms with E-state index < -0.39 is 0 Å². The van der Waals surface area contributed by atoms with Crippen LogP contribution in [0.15, 0.2) is 24.3 Å². The van der Waals surface area contributed by atoms with Crippen molar-refractivity contribution in [3.8, 4) is 0 Å². The van der Waals surface area contributed by atoms with Crippen LogP contribution < -0.4 is 11.3 Å². The van der Waals surface area contributed by atoms with Crippen molar-refractivity contribution in [2.75, 3.05) is 6.61 Å². The minimum Gasteiger partial charge on any atom is -0.377 e. The van der Waals surface area contributed by atoms with Crippen molar-refractivity contribution in [1.82, 2.24) is 15.2 Å². The summed E-state index contributed by atoms with van der Waals surface area (Å²) in [6.45, 7) is 0.839. The molecule has 5 nitrogen and oxygen atoms in total. The van der Waals surface area contributed by atoms with Gasteiger partial charge in [-0.05, 0) is 25.3 Å². The lowest BCUT2D eigenvalue weighted by molar-refractivity contribution is -0.00758. The summed E-state index contributed by atoms with van der Waals surface area (Å²) in [4.78, 5) is 0. The Hall–Kier alpha value is -1.43. The average Bonchev–Trinajstić information content (AvgIpc) is 2.82. The third-order valence-electron chi connectivity index (χ3n) is 4.13. The molecule has 0 spiro atoms. The van der Waals surface area contributed by atoms with Crippen LogP contribution in [-0.4, -0.2) is 28.5 Å². The van der Waals surface area contributed by atoms with E-state index >= 15 is 0 Å². The molecule has 1 saturated heterocycles. The number of aromatic nitrogens is 2. The first-order valence-corrected chi connectivity index (χ1v) is 7.28. The zero-order valence-corrected chi connectivity index (χ0v) is 11.9. The van der Waals surface area contributed by atoms with Crippen LogP contribution in [0.5, 0.6) is 0 Å². The highest BCUT2D eigenvalue weighted by molar-refractivity contribution is 5.81. The molecule has 108 valence electrons. The van der Waals surface area contributed by atoms with Gasteiger partial charge < -0.3 is 4.74 Å². The van der Waals surface area contributed by atoms with E-state index in [2.05, 4.69) is 28.7 Å². The highest BCUT2D eigenvalue weighted by atomic mass is 16.5. The standard InChI is InChI=1S/C15H22N4O/c1-19-14-7-3-2-6-11(14)12(18-19)10-13(17-16)15-8-4-5-9-20-15/h2-3,6-7,13,15,17H,4-5,8-10,16H2,1H3. The van der Waals surface area contributed by atoms with Crippen LogP contribution in [-0.2, 0) is 18.2 Å². The van der Waals surface area contributed by atoms with E-state index in [0.29, 0.717) is 0 Å². The molecule has 2 heterocycles. The van der Waals surface area contributed by atoms with Crippen molar-refractivity contribution in [3.63, 3.8) is 0 Å². The fraction of sp³-hybridized carbons (Fsp3) is 0.533. The van der Waals surface area contributed by atoms with E-state index in [4.69, 9.17) is 10.6 Å². The molecule has 0 bridgehead atoms. The lowest BCUT2D eigenvalue weighted by Gasteiger charge is -2.29. The van der Waals surface area contributed by atoms with Gasteiger partial charge in [0.2, 0.25) is 0 Å². The van der Waals surface area contributed by atoms with Gasteiger partial charge in [-0.3, -0.25) is 16.0 Å². The molecule has 1 aliphatic rings. The normalized spacial score (nSPS) is 21.2. The zero-order chi connectivity index (χ0) is 13.9. The van der Waals surface area contributed by atoms with Crippen LogP contribution in [0.25, 0.3) is 10.9 Å². The number of nitrogens with one attached hydrogen (secondary N) is 1. The van der Waals surface area contributed by atoms with E-state index in [1.54, 1.807) is 0 Å². The van der Waals surface area contributed by atoms with Crippen molar-refractivity contribution >= 4 is 10.9 Å². The Morgan fingerprint density at radius 1 is 1.45 bits per heavy atom.